The number of aryl methyl sites for hydroxylation is 2. The average molecular weight is 282 g/mol. The van der Waals surface area contributed by atoms with E-state index in [-0.39, 0.29) is 5.82 Å². The van der Waals surface area contributed by atoms with Crippen LogP contribution in [0.25, 0.3) is 22.5 Å². The summed E-state index contributed by atoms with van der Waals surface area (Å²) in [4.78, 5) is 0. The first kappa shape index (κ1) is 13.4. The molecule has 0 amide bonds. The van der Waals surface area contributed by atoms with E-state index < -0.39 is 0 Å². The zero-order valence-electron chi connectivity index (χ0n) is 11.9. The van der Waals surface area contributed by atoms with Crippen molar-refractivity contribution in [3.63, 3.8) is 0 Å². The van der Waals surface area contributed by atoms with Gasteiger partial charge in [-0.25, -0.2) is 4.39 Å². The maximum absolute atomic E-state index is 13.1. The maximum Gasteiger partial charge on any atom is 0.176 e. The van der Waals surface area contributed by atoms with E-state index in [0.717, 1.165) is 16.7 Å². The standard InChI is InChI=1S/C17H15FN2O/c1-10-3-4-13(9-11(10)2)16-15(17(19)20-21-16)12-5-7-14(18)8-6-12/h3-9H,1-2H3,(H2,19,20). The molecule has 0 atom stereocenters. The number of anilines is 1. The number of hydrogen-bond donors (Lipinski definition) is 1. The molecule has 0 aliphatic heterocycles. The van der Waals surface area contributed by atoms with E-state index in [4.69, 9.17) is 10.3 Å². The van der Waals surface area contributed by atoms with E-state index in [0.29, 0.717) is 17.1 Å². The Labute approximate surface area is 122 Å². The third-order valence-corrected chi connectivity index (χ3v) is 3.62. The average Bonchev–Trinajstić information content (AvgIpc) is 2.85. The second-order valence-electron chi connectivity index (χ2n) is 5.08. The molecule has 21 heavy (non-hydrogen) atoms. The van der Waals surface area contributed by atoms with Gasteiger partial charge in [0.1, 0.15) is 5.82 Å². The molecule has 106 valence electrons. The van der Waals surface area contributed by atoms with Crippen molar-refractivity contribution in [1.82, 2.24) is 5.16 Å². The molecule has 1 aromatic heterocycles. The molecule has 3 aromatic rings. The van der Waals surface area contributed by atoms with Gasteiger partial charge in [0.05, 0.1) is 5.56 Å². The molecule has 0 aliphatic carbocycles. The monoisotopic (exact) mass is 282 g/mol. The first-order valence-electron chi connectivity index (χ1n) is 6.65. The molecule has 2 N–H and O–H groups in total. The molecule has 4 heteroatoms. The second-order valence-corrected chi connectivity index (χ2v) is 5.08. The highest BCUT2D eigenvalue weighted by molar-refractivity contribution is 5.86. The molecule has 3 rings (SSSR count). The summed E-state index contributed by atoms with van der Waals surface area (Å²) >= 11 is 0. The van der Waals surface area contributed by atoms with Crippen molar-refractivity contribution in [1.29, 1.82) is 0 Å². The molecule has 0 saturated heterocycles. The van der Waals surface area contributed by atoms with Gasteiger partial charge in [-0.05, 0) is 48.7 Å². The number of halogens is 1. The summed E-state index contributed by atoms with van der Waals surface area (Å²) < 4.78 is 18.5. The zero-order valence-corrected chi connectivity index (χ0v) is 11.9. The molecule has 3 nitrogen and oxygen atoms in total. The summed E-state index contributed by atoms with van der Waals surface area (Å²) in [5, 5.41) is 3.85. The van der Waals surface area contributed by atoms with Crippen LogP contribution in [0.4, 0.5) is 10.2 Å². The molecule has 0 unspecified atom stereocenters. The van der Waals surface area contributed by atoms with Crippen molar-refractivity contribution in [3.8, 4) is 22.5 Å². The predicted molar refractivity (Wildman–Crippen MR) is 81.2 cm³/mol. The summed E-state index contributed by atoms with van der Waals surface area (Å²) in [7, 11) is 0. The number of rotatable bonds is 2. The third-order valence-electron chi connectivity index (χ3n) is 3.62. The Hall–Kier alpha value is -2.62. The summed E-state index contributed by atoms with van der Waals surface area (Å²) in [6.07, 6.45) is 0. The van der Waals surface area contributed by atoms with Crippen molar-refractivity contribution >= 4 is 5.82 Å². The lowest BCUT2D eigenvalue weighted by atomic mass is 9.99. The second kappa shape index (κ2) is 5.05. The minimum Gasteiger partial charge on any atom is -0.380 e. The Balaban J connectivity index is 2.16. The van der Waals surface area contributed by atoms with Crippen LogP contribution in [0.2, 0.25) is 0 Å². The third kappa shape index (κ3) is 2.40. The smallest absolute Gasteiger partial charge is 0.176 e. The highest BCUT2D eigenvalue weighted by Crippen LogP contribution is 2.37. The Morgan fingerprint density at radius 2 is 1.62 bits per heavy atom. The van der Waals surface area contributed by atoms with Gasteiger partial charge in [-0.2, -0.15) is 0 Å². The van der Waals surface area contributed by atoms with E-state index in [1.54, 1.807) is 12.1 Å². The molecule has 0 aliphatic rings. The molecule has 2 aromatic carbocycles. The molecule has 0 saturated carbocycles. The number of nitrogen functional groups attached to an aromatic ring is 1. The lowest BCUT2D eigenvalue weighted by Crippen LogP contribution is -1.90. The maximum atomic E-state index is 13.1. The first-order chi connectivity index (χ1) is 10.1. The van der Waals surface area contributed by atoms with Gasteiger partial charge in [-0.3, -0.25) is 0 Å². The van der Waals surface area contributed by atoms with Gasteiger partial charge >= 0.3 is 0 Å². The van der Waals surface area contributed by atoms with Gasteiger partial charge in [-0.1, -0.05) is 29.4 Å². The number of aromatic nitrogens is 1. The van der Waals surface area contributed by atoms with Crippen molar-refractivity contribution in [2.45, 2.75) is 13.8 Å². The molecule has 0 fully saturated rings. The van der Waals surface area contributed by atoms with Crippen molar-refractivity contribution in [3.05, 3.63) is 59.4 Å². The Kier molecular flexibility index (Phi) is 3.22. The Bertz CT molecular complexity index is 791. The van der Waals surface area contributed by atoms with Crippen LogP contribution in [0.3, 0.4) is 0 Å². The molecular formula is C17H15FN2O. The fourth-order valence-electron chi connectivity index (χ4n) is 2.28. The minimum atomic E-state index is -0.290. The Morgan fingerprint density at radius 1 is 0.952 bits per heavy atom. The summed E-state index contributed by atoms with van der Waals surface area (Å²) in [5.41, 5.74) is 10.7. The van der Waals surface area contributed by atoms with Gasteiger partial charge in [0.2, 0.25) is 0 Å². The largest absolute Gasteiger partial charge is 0.380 e. The quantitative estimate of drug-likeness (QED) is 0.760. The van der Waals surface area contributed by atoms with Crippen LogP contribution in [-0.2, 0) is 0 Å². The van der Waals surface area contributed by atoms with Crippen molar-refractivity contribution < 1.29 is 8.91 Å². The van der Waals surface area contributed by atoms with Crippen LogP contribution in [0.1, 0.15) is 11.1 Å². The number of hydrogen-bond acceptors (Lipinski definition) is 3. The van der Waals surface area contributed by atoms with E-state index >= 15 is 0 Å². The highest BCUT2D eigenvalue weighted by atomic mass is 19.1. The van der Waals surface area contributed by atoms with E-state index in [1.165, 1.54) is 17.7 Å². The van der Waals surface area contributed by atoms with Crippen LogP contribution >= 0.6 is 0 Å². The van der Waals surface area contributed by atoms with Crippen molar-refractivity contribution in [2.75, 3.05) is 5.73 Å². The van der Waals surface area contributed by atoms with Crippen LogP contribution in [-0.4, -0.2) is 5.16 Å². The van der Waals surface area contributed by atoms with Crippen LogP contribution in [0.5, 0.6) is 0 Å². The predicted octanol–water partition coefficient (Wildman–Crippen LogP) is 4.35. The van der Waals surface area contributed by atoms with Gasteiger partial charge < -0.3 is 10.3 Å². The number of benzene rings is 2. The fourth-order valence-corrected chi connectivity index (χ4v) is 2.28. The fraction of sp³-hybridized carbons (Fsp3) is 0.118. The van der Waals surface area contributed by atoms with E-state index in [9.17, 15) is 4.39 Å². The summed E-state index contributed by atoms with van der Waals surface area (Å²) in [5.74, 6) is 0.610. The van der Waals surface area contributed by atoms with Crippen LogP contribution in [0.15, 0.2) is 47.0 Å². The number of nitrogens with zero attached hydrogens (tertiary/aromatic N) is 1. The SMILES string of the molecule is Cc1ccc(-c2onc(N)c2-c2ccc(F)cc2)cc1C. The van der Waals surface area contributed by atoms with Gasteiger partial charge in [-0.15, -0.1) is 0 Å². The van der Waals surface area contributed by atoms with Gasteiger partial charge in [0.15, 0.2) is 11.6 Å². The molecule has 0 radical (unpaired) electrons. The summed E-state index contributed by atoms with van der Waals surface area (Å²) in [6, 6.07) is 12.2. The minimum absolute atomic E-state index is 0.290. The Morgan fingerprint density at radius 3 is 2.29 bits per heavy atom. The molecule has 1 heterocycles. The molecular weight excluding hydrogens is 267 g/mol. The van der Waals surface area contributed by atoms with Gasteiger partial charge in [0, 0.05) is 5.56 Å². The zero-order chi connectivity index (χ0) is 15.0. The van der Waals surface area contributed by atoms with Crippen LogP contribution < -0.4 is 5.73 Å². The van der Waals surface area contributed by atoms with Gasteiger partial charge in [0.25, 0.3) is 0 Å². The van der Waals surface area contributed by atoms with E-state index in [1.807, 2.05) is 25.1 Å². The van der Waals surface area contributed by atoms with E-state index in [2.05, 4.69) is 12.1 Å². The highest BCUT2D eigenvalue weighted by Gasteiger charge is 2.18. The lowest BCUT2D eigenvalue weighted by molar-refractivity contribution is 0.436. The summed E-state index contributed by atoms with van der Waals surface area (Å²) in [6.45, 7) is 4.09. The molecule has 0 spiro atoms. The first-order valence-corrected chi connectivity index (χ1v) is 6.65. The number of nitrogens with two attached hydrogens (primary N) is 1. The molecule has 0 bridgehead atoms. The normalized spacial score (nSPS) is 10.8. The van der Waals surface area contributed by atoms with Crippen molar-refractivity contribution in [2.24, 2.45) is 0 Å². The lowest BCUT2D eigenvalue weighted by Gasteiger charge is -2.05. The topological polar surface area (TPSA) is 52.0 Å². The van der Waals surface area contributed by atoms with Crippen LogP contribution in [0, 0.1) is 19.7 Å².